The van der Waals surface area contributed by atoms with Gasteiger partial charge >= 0.3 is 0 Å². The van der Waals surface area contributed by atoms with Gasteiger partial charge in [-0.2, -0.15) is 0 Å². The highest BCUT2D eigenvalue weighted by Gasteiger charge is 2.17. The number of aromatic nitrogens is 4. The fourth-order valence-corrected chi connectivity index (χ4v) is 5.26. The first kappa shape index (κ1) is 34.3. The van der Waals surface area contributed by atoms with E-state index < -0.39 is 8.07 Å². The van der Waals surface area contributed by atoms with Crippen LogP contribution in [-0.4, -0.2) is 51.2 Å². The molecule has 12 heteroatoms. The van der Waals surface area contributed by atoms with Crippen LogP contribution in [0.4, 0.5) is 22.7 Å². The molecule has 4 rings (SSSR count). The molecule has 0 fully saturated rings. The maximum absolute atomic E-state index is 11.1. The summed E-state index contributed by atoms with van der Waals surface area (Å²) in [7, 11) is -1.11. The van der Waals surface area contributed by atoms with Gasteiger partial charge in [0.2, 0.25) is 0 Å². The number of hydrogen-bond acceptors (Lipinski definition) is 8. The first-order valence-electron chi connectivity index (χ1n) is 15.0. The molecule has 0 unspecified atom stereocenters. The Hall–Kier alpha value is -4.16. The van der Waals surface area contributed by atoms with Crippen molar-refractivity contribution in [3.05, 3.63) is 95.1 Å². The Morgan fingerprint density at radius 2 is 1.64 bits per heavy atom. The molecule has 0 spiro atoms. The standard InChI is InChI=1S/C19H30N4O3Si.C13H18N4/c1-16(2)22(17-7-6-8-18(11-17)23(24)25)13-19-12-20-14-21(19)15-26-9-10-27(3,4)5;1-10(2)17(8-12-7-15-9-16-12)13-5-3-4-11(14)6-13/h6-8,11-12,14,16H,9-10,13,15H2,1-5H3;3-7,9-10H,8,14H2,1-2H3,(H,15,16). The molecule has 0 aliphatic heterocycles. The lowest BCUT2D eigenvalue weighted by molar-refractivity contribution is -0.384. The Morgan fingerprint density at radius 1 is 0.977 bits per heavy atom. The summed E-state index contributed by atoms with van der Waals surface area (Å²) in [4.78, 5) is 26.6. The molecule has 11 nitrogen and oxygen atoms in total. The summed E-state index contributed by atoms with van der Waals surface area (Å²) in [5, 5.41) is 11.1. The van der Waals surface area contributed by atoms with Crippen molar-refractivity contribution >= 4 is 30.8 Å². The number of H-pyrrole nitrogens is 1. The predicted octanol–water partition coefficient (Wildman–Crippen LogP) is 6.93. The maximum Gasteiger partial charge on any atom is 0.271 e. The van der Waals surface area contributed by atoms with Crippen LogP contribution in [0.25, 0.3) is 0 Å². The number of anilines is 3. The predicted molar refractivity (Wildman–Crippen MR) is 182 cm³/mol. The SMILES string of the molecule is CC(C)N(Cc1cnc[nH]1)c1cccc(N)c1.CC(C)N(Cc1cncn1COCC[Si](C)(C)C)c1cccc([N+](=O)[O-])c1. The third kappa shape index (κ3) is 10.8. The summed E-state index contributed by atoms with van der Waals surface area (Å²) in [6.45, 7) is 18.1. The van der Waals surface area contributed by atoms with Crippen LogP contribution in [0.5, 0.6) is 0 Å². The van der Waals surface area contributed by atoms with Gasteiger partial charge in [-0.15, -0.1) is 0 Å². The summed E-state index contributed by atoms with van der Waals surface area (Å²) in [5.41, 5.74) is 10.8. The summed E-state index contributed by atoms with van der Waals surface area (Å²) in [6.07, 6.45) is 7.15. The van der Waals surface area contributed by atoms with Crippen LogP contribution in [0.1, 0.15) is 39.1 Å². The van der Waals surface area contributed by atoms with E-state index in [1.165, 1.54) is 6.07 Å². The van der Waals surface area contributed by atoms with Crippen LogP contribution >= 0.6 is 0 Å². The highest BCUT2D eigenvalue weighted by Crippen LogP contribution is 2.25. The van der Waals surface area contributed by atoms with Gasteiger partial charge in [-0.05, 0) is 58.0 Å². The van der Waals surface area contributed by atoms with Gasteiger partial charge in [-0.25, -0.2) is 9.97 Å². The second-order valence-electron chi connectivity index (χ2n) is 12.6. The summed E-state index contributed by atoms with van der Waals surface area (Å²) >= 11 is 0. The van der Waals surface area contributed by atoms with E-state index in [-0.39, 0.29) is 16.7 Å². The lowest BCUT2D eigenvalue weighted by atomic mass is 10.2. The van der Waals surface area contributed by atoms with Crippen molar-refractivity contribution in [3.63, 3.8) is 0 Å². The molecule has 2 heterocycles. The Labute approximate surface area is 262 Å². The molecule has 2 aromatic carbocycles. The van der Waals surface area contributed by atoms with Crippen LogP contribution in [0, 0.1) is 10.1 Å². The van der Waals surface area contributed by atoms with Crippen molar-refractivity contribution in [2.24, 2.45) is 0 Å². The van der Waals surface area contributed by atoms with E-state index in [4.69, 9.17) is 10.5 Å². The van der Waals surface area contributed by atoms with Crippen LogP contribution in [0.2, 0.25) is 25.7 Å². The quantitative estimate of drug-likeness (QED) is 0.0510. The molecule has 0 atom stereocenters. The molecule has 0 radical (unpaired) electrons. The molecule has 0 saturated carbocycles. The number of hydrogen-bond donors (Lipinski definition) is 2. The zero-order valence-electron chi connectivity index (χ0n) is 27.1. The summed E-state index contributed by atoms with van der Waals surface area (Å²) in [5.74, 6) is 0. The van der Waals surface area contributed by atoms with Gasteiger partial charge in [-0.3, -0.25) is 10.1 Å². The molecule has 44 heavy (non-hydrogen) atoms. The van der Waals surface area contributed by atoms with Crippen LogP contribution in [0.15, 0.2) is 73.6 Å². The van der Waals surface area contributed by atoms with Gasteiger partial charge in [0.15, 0.2) is 0 Å². The lowest BCUT2D eigenvalue weighted by Crippen LogP contribution is -2.31. The number of nitro groups is 1. The molecule has 0 saturated heterocycles. The zero-order valence-corrected chi connectivity index (χ0v) is 28.1. The number of nitrogen functional groups attached to an aromatic ring is 1. The monoisotopic (exact) mass is 620 g/mol. The molecule has 0 bridgehead atoms. The molecule has 3 N–H and O–H groups in total. The van der Waals surface area contributed by atoms with E-state index in [1.807, 2.05) is 41.2 Å². The summed E-state index contributed by atoms with van der Waals surface area (Å²) in [6, 6.07) is 16.4. The van der Waals surface area contributed by atoms with Crippen molar-refractivity contribution in [2.45, 2.75) is 85.3 Å². The minimum Gasteiger partial charge on any atom is -0.399 e. The van der Waals surface area contributed by atoms with E-state index in [9.17, 15) is 10.1 Å². The van der Waals surface area contributed by atoms with E-state index >= 15 is 0 Å². The average molecular weight is 621 g/mol. The number of nitro benzene ring substituents is 1. The zero-order chi connectivity index (χ0) is 32.3. The maximum atomic E-state index is 11.1. The summed E-state index contributed by atoms with van der Waals surface area (Å²) < 4.78 is 7.84. The van der Waals surface area contributed by atoms with Gasteiger partial charge < -0.3 is 29.8 Å². The molecule has 2 aromatic heterocycles. The Bertz CT molecular complexity index is 1430. The Morgan fingerprint density at radius 3 is 2.23 bits per heavy atom. The van der Waals surface area contributed by atoms with E-state index in [0.29, 0.717) is 19.3 Å². The van der Waals surface area contributed by atoms with Gasteiger partial charge in [-0.1, -0.05) is 31.8 Å². The lowest BCUT2D eigenvalue weighted by Gasteiger charge is -2.29. The molecule has 0 aliphatic carbocycles. The Kier molecular flexibility index (Phi) is 12.5. The third-order valence-electron chi connectivity index (χ3n) is 7.07. The fraction of sp³-hybridized carbons (Fsp3) is 0.438. The normalized spacial score (nSPS) is 11.4. The van der Waals surface area contributed by atoms with Gasteiger partial charge in [0.1, 0.15) is 6.73 Å². The third-order valence-corrected chi connectivity index (χ3v) is 8.78. The fourth-order valence-electron chi connectivity index (χ4n) is 4.50. The van der Waals surface area contributed by atoms with Crippen LogP contribution in [-0.2, 0) is 24.6 Å². The highest BCUT2D eigenvalue weighted by molar-refractivity contribution is 6.76. The first-order valence-corrected chi connectivity index (χ1v) is 18.7. The largest absolute Gasteiger partial charge is 0.399 e. The van der Waals surface area contributed by atoms with E-state index in [1.54, 1.807) is 24.8 Å². The van der Waals surface area contributed by atoms with E-state index in [0.717, 1.165) is 47.6 Å². The average Bonchev–Trinajstić information content (AvgIpc) is 3.64. The minimum atomic E-state index is -1.11. The number of nitrogens with one attached hydrogen (secondary N) is 1. The Balaban J connectivity index is 0.000000266. The van der Waals surface area contributed by atoms with Crippen molar-refractivity contribution < 1.29 is 9.66 Å². The van der Waals surface area contributed by atoms with Gasteiger partial charge in [0, 0.05) is 62.2 Å². The molecular weight excluding hydrogens is 572 g/mol. The number of imidazole rings is 2. The molecular formula is C32H48N8O3Si. The van der Waals surface area contributed by atoms with Crippen LogP contribution < -0.4 is 15.5 Å². The highest BCUT2D eigenvalue weighted by atomic mass is 28.3. The van der Waals surface area contributed by atoms with Crippen LogP contribution in [0.3, 0.4) is 0 Å². The second kappa shape index (κ2) is 16.1. The van der Waals surface area contributed by atoms with Crippen molar-refractivity contribution in [2.75, 3.05) is 22.1 Å². The topological polar surface area (TPSA) is 131 Å². The van der Waals surface area contributed by atoms with Crippen molar-refractivity contribution in [3.8, 4) is 0 Å². The molecule has 0 amide bonds. The number of aromatic amines is 1. The van der Waals surface area contributed by atoms with Gasteiger partial charge in [0.25, 0.3) is 5.69 Å². The minimum absolute atomic E-state index is 0.0985. The number of nitrogens with zero attached hydrogens (tertiary/aromatic N) is 6. The van der Waals surface area contributed by atoms with E-state index in [2.05, 4.69) is 78.2 Å². The number of nitrogens with two attached hydrogens (primary N) is 1. The van der Waals surface area contributed by atoms with Gasteiger partial charge in [0.05, 0.1) is 48.3 Å². The number of benzene rings is 2. The molecule has 238 valence electrons. The first-order chi connectivity index (χ1) is 20.8. The number of non-ortho nitro benzene ring substituents is 1. The van der Waals surface area contributed by atoms with Crippen molar-refractivity contribution in [1.82, 2.24) is 19.5 Å². The number of rotatable bonds is 14. The smallest absolute Gasteiger partial charge is 0.271 e. The second-order valence-corrected chi connectivity index (χ2v) is 18.2. The molecule has 0 aliphatic rings. The number of ether oxygens (including phenoxy) is 1. The van der Waals surface area contributed by atoms with Crippen molar-refractivity contribution in [1.29, 1.82) is 0 Å². The molecule has 4 aromatic rings.